The lowest BCUT2D eigenvalue weighted by atomic mass is 9.97. The van der Waals surface area contributed by atoms with Crippen LogP contribution in [0.15, 0.2) is 47.5 Å². The molecule has 1 unspecified atom stereocenters. The van der Waals surface area contributed by atoms with Crippen molar-refractivity contribution < 1.29 is 9.90 Å². The lowest BCUT2D eigenvalue weighted by molar-refractivity contribution is -0.115. The number of carbonyl (C=O) groups is 1. The van der Waals surface area contributed by atoms with Crippen LogP contribution in [0, 0.1) is 6.92 Å². The van der Waals surface area contributed by atoms with Gasteiger partial charge in [-0.25, -0.2) is 0 Å². The van der Waals surface area contributed by atoms with E-state index in [4.69, 9.17) is 5.11 Å². The normalized spacial score (nSPS) is 16.8. The van der Waals surface area contributed by atoms with Crippen molar-refractivity contribution in [2.24, 2.45) is 4.99 Å². The fraction of sp³-hybridized carbons (Fsp3) is 0.222. The van der Waals surface area contributed by atoms with Gasteiger partial charge in [-0.2, -0.15) is 0 Å². The van der Waals surface area contributed by atoms with E-state index in [9.17, 15) is 4.79 Å². The number of hydrogen-bond acceptors (Lipinski definition) is 3. The topological polar surface area (TPSA) is 61.7 Å². The zero-order valence-corrected chi connectivity index (χ0v) is 12.4. The van der Waals surface area contributed by atoms with E-state index in [1.54, 1.807) is 6.21 Å². The molecular formula is C18H18N2O2. The van der Waals surface area contributed by atoms with Crippen LogP contribution in [0.5, 0.6) is 0 Å². The van der Waals surface area contributed by atoms with E-state index in [-0.39, 0.29) is 18.4 Å². The van der Waals surface area contributed by atoms with E-state index < -0.39 is 0 Å². The van der Waals surface area contributed by atoms with Crippen LogP contribution in [-0.2, 0) is 11.2 Å². The first kappa shape index (κ1) is 14.5. The summed E-state index contributed by atoms with van der Waals surface area (Å²) in [6, 6.07) is 13.5. The molecule has 0 aromatic heterocycles. The lowest BCUT2D eigenvalue weighted by Gasteiger charge is -2.06. The van der Waals surface area contributed by atoms with Crippen LogP contribution in [-0.4, -0.2) is 23.8 Å². The Morgan fingerprint density at radius 2 is 2.00 bits per heavy atom. The second-order valence-electron chi connectivity index (χ2n) is 5.42. The maximum Gasteiger partial charge on any atom is 0.237 e. The highest BCUT2D eigenvalue weighted by atomic mass is 16.2. The van der Waals surface area contributed by atoms with Crippen LogP contribution >= 0.6 is 0 Å². The second kappa shape index (κ2) is 6.12. The molecule has 0 spiro atoms. The number of aliphatic hydroxyl groups is 1. The molecule has 2 aromatic carbocycles. The Bertz CT molecular complexity index is 720. The molecule has 4 heteroatoms. The number of aryl methyl sites for hydroxylation is 1. The molecule has 22 heavy (non-hydrogen) atoms. The molecule has 0 aliphatic carbocycles. The number of hydrogen-bond donors (Lipinski definition) is 2. The van der Waals surface area contributed by atoms with Crippen LogP contribution in [0.4, 0.5) is 11.4 Å². The smallest absolute Gasteiger partial charge is 0.237 e. The minimum Gasteiger partial charge on any atom is -0.396 e. The van der Waals surface area contributed by atoms with Crippen LogP contribution < -0.4 is 5.32 Å². The number of fused-ring (bicyclic) bond motifs is 1. The minimum absolute atomic E-state index is 0.0371. The first-order chi connectivity index (χ1) is 10.7. The summed E-state index contributed by atoms with van der Waals surface area (Å²) in [7, 11) is 0. The Balaban J connectivity index is 1.83. The first-order valence-electron chi connectivity index (χ1n) is 7.33. The van der Waals surface area contributed by atoms with Gasteiger partial charge in [0.25, 0.3) is 0 Å². The Morgan fingerprint density at radius 3 is 2.73 bits per heavy atom. The van der Waals surface area contributed by atoms with Crippen LogP contribution in [0.1, 0.15) is 22.6 Å². The molecule has 1 aliphatic rings. The molecule has 1 atom stereocenters. The summed E-state index contributed by atoms with van der Waals surface area (Å²) in [6.45, 7) is 2.14. The van der Waals surface area contributed by atoms with Crippen molar-refractivity contribution in [3.63, 3.8) is 0 Å². The van der Waals surface area contributed by atoms with Gasteiger partial charge in [-0.1, -0.05) is 24.3 Å². The molecule has 1 amide bonds. The Morgan fingerprint density at radius 1 is 1.23 bits per heavy atom. The average Bonchev–Trinajstić information content (AvgIpc) is 2.84. The van der Waals surface area contributed by atoms with Crippen LogP contribution in [0.25, 0.3) is 0 Å². The summed E-state index contributed by atoms with van der Waals surface area (Å²) in [5, 5.41) is 11.8. The van der Waals surface area contributed by atoms with Gasteiger partial charge >= 0.3 is 0 Å². The number of rotatable bonds is 4. The number of benzene rings is 2. The number of amides is 1. The van der Waals surface area contributed by atoms with Crippen LogP contribution in [0.3, 0.4) is 0 Å². The molecule has 1 aliphatic heterocycles. The van der Waals surface area contributed by atoms with Crippen molar-refractivity contribution in [3.8, 4) is 0 Å². The quantitative estimate of drug-likeness (QED) is 0.852. The van der Waals surface area contributed by atoms with Gasteiger partial charge in [-0.15, -0.1) is 0 Å². The molecule has 4 nitrogen and oxygen atoms in total. The zero-order valence-electron chi connectivity index (χ0n) is 12.4. The highest BCUT2D eigenvalue weighted by molar-refractivity contribution is 6.13. The second-order valence-corrected chi connectivity index (χ2v) is 5.42. The molecule has 2 N–H and O–H groups in total. The third kappa shape index (κ3) is 2.78. The maximum absolute atomic E-state index is 12.1. The van der Waals surface area contributed by atoms with Crippen molar-refractivity contribution in [2.75, 3.05) is 11.9 Å². The van der Waals surface area contributed by atoms with E-state index >= 15 is 0 Å². The average molecular weight is 294 g/mol. The van der Waals surface area contributed by atoms with Crippen molar-refractivity contribution in [1.29, 1.82) is 0 Å². The molecule has 3 rings (SSSR count). The van der Waals surface area contributed by atoms with Gasteiger partial charge in [-0.3, -0.25) is 9.79 Å². The SMILES string of the molecule is Cc1cccc2c1C(C=Nc1ccc(CCO)cc1)C(=O)N2. The van der Waals surface area contributed by atoms with E-state index in [1.165, 1.54) is 0 Å². The van der Waals surface area contributed by atoms with E-state index in [2.05, 4.69) is 10.3 Å². The van der Waals surface area contributed by atoms with E-state index in [0.29, 0.717) is 6.42 Å². The highest BCUT2D eigenvalue weighted by Crippen LogP contribution is 2.34. The summed E-state index contributed by atoms with van der Waals surface area (Å²) < 4.78 is 0. The molecule has 112 valence electrons. The third-order valence-corrected chi connectivity index (χ3v) is 3.88. The highest BCUT2D eigenvalue weighted by Gasteiger charge is 2.30. The number of carbonyl (C=O) groups excluding carboxylic acids is 1. The minimum atomic E-state index is -0.340. The number of nitrogens with zero attached hydrogens (tertiary/aromatic N) is 1. The number of aliphatic imine (C=N–C) groups is 1. The summed E-state index contributed by atoms with van der Waals surface area (Å²) in [4.78, 5) is 16.5. The number of anilines is 1. The Labute approximate surface area is 129 Å². The van der Waals surface area contributed by atoms with Gasteiger partial charge in [0.1, 0.15) is 5.92 Å². The summed E-state index contributed by atoms with van der Waals surface area (Å²) in [5.41, 5.74) is 4.84. The van der Waals surface area contributed by atoms with Gasteiger partial charge in [0.2, 0.25) is 5.91 Å². The van der Waals surface area contributed by atoms with Gasteiger partial charge < -0.3 is 10.4 Å². The fourth-order valence-electron chi connectivity index (χ4n) is 2.72. The summed E-state index contributed by atoms with van der Waals surface area (Å²) in [5.74, 6) is -0.377. The molecule has 0 radical (unpaired) electrons. The van der Waals surface area contributed by atoms with Gasteiger partial charge in [0.15, 0.2) is 0 Å². The van der Waals surface area contributed by atoms with E-state index in [0.717, 1.165) is 28.1 Å². The first-order valence-corrected chi connectivity index (χ1v) is 7.33. The third-order valence-electron chi connectivity index (χ3n) is 3.88. The molecule has 0 saturated carbocycles. The van der Waals surface area contributed by atoms with Crippen molar-refractivity contribution >= 4 is 23.5 Å². The predicted molar refractivity (Wildman–Crippen MR) is 87.9 cm³/mol. The number of aliphatic hydroxyl groups excluding tert-OH is 1. The Kier molecular flexibility index (Phi) is 4.02. The fourth-order valence-corrected chi connectivity index (χ4v) is 2.72. The Hall–Kier alpha value is -2.46. The molecule has 2 aromatic rings. The predicted octanol–water partition coefficient (Wildman–Crippen LogP) is 2.97. The molecule has 0 fully saturated rings. The molecular weight excluding hydrogens is 276 g/mol. The summed E-state index contributed by atoms with van der Waals surface area (Å²) >= 11 is 0. The molecule has 0 saturated heterocycles. The van der Waals surface area contributed by atoms with Crippen molar-refractivity contribution in [2.45, 2.75) is 19.3 Å². The van der Waals surface area contributed by atoms with Crippen LogP contribution in [0.2, 0.25) is 0 Å². The maximum atomic E-state index is 12.1. The van der Waals surface area contributed by atoms with Crippen molar-refractivity contribution in [1.82, 2.24) is 0 Å². The molecule has 0 bridgehead atoms. The summed E-state index contributed by atoms with van der Waals surface area (Å²) in [6.07, 6.45) is 2.34. The monoisotopic (exact) mass is 294 g/mol. The molecule has 1 heterocycles. The zero-order chi connectivity index (χ0) is 15.5. The number of nitrogens with one attached hydrogen (secondary N) is 1. The van der Waals surface area contributed by atoms with Crippen molar-refractivity contribution in [3.05, 3.63) is 59.2 Å². The van der Waals surface area contributed by atoms with Gasteiger partial charge in [0, 0.05) is 18.5 Å². The lowest BCUT2D eigenvalue weighted by Crippen LogP contribution is -2.13. The van der Waals surface area contributed by atoms with E-state index in [1.807, 2.05) is 49.4 Å². The van der Waals surface area contributed by atoms with Gasteiger partial charge in [-0.05, 0) is 48.2 Å². The standard InChI is InChI=1S/C18H18N2O2/c1-12-3-2-4-16-17(12)15(18(22)20-16)11-19-14-7-5-13(6-8-14)9-10-21/h2-8,11,15,21H,9-10H2,1H3,(H,20,22). The largest absolute Gasteiger partial charge is 0.396 e. The van der Waals surface area contributed by atoms with Gasteiger partial charge in [0.05, 0.1) is 5.69 Å².